The monoisotopic (exact) mass is 306 g/mol. The van der Waals surface area contributed by atoms with Crippen LogP contribution < -0.4 is 14.7 Å². The molecule has 0 aliphatic carbocycles. The van der Waals surface area contributed by atoms with E-state index in [0.717, 1.165) is 29.2 Å². The van der Waals surface area contributed by atoms with Crippen molar-refractivity contribution in [2.24, 2.45) is 0 Å². The molecule has 2 rings (SSSR count). The largest absolute Gasteiger partial charge is 0.544 e. The highest BCUT2D eigenvalue weighted by atomic mass is 32.1. The van der Waals surface area contributed by atoms with Gasteiger partial charge in [0.1, 0.15) is 23.9 Å². The van der Waals surface area contributed by atoms with Gasteiger partial charge in [-0.05, 0) is 19.1 Å². The molecule has 0 fully saturated rings. The SMILES string of the molecule is Cc1nc(-c2cccc(OCC[NH+](C)C)c2)sc1C(=O)[O-]. The van der Waals surface area contributed by atoms with Gasteiger partial charge in [0.2, 0.25) is 0 Å². The first-order valence-electron chi connectivity index (χ1n) is 6.68. The van der Waals surface area contributed by atoms with E-state index >= 15 is 0 Å². The van der Waals surface area contributed by atoms with E-state index < -0.39 is 5.97 Å². The van der Waals surface area contributed by atoms with Crippen LogP contribution in [0.3, 0.4) is 0 Å². The lowest BCUT2D eigenvalue weighted by Gasteiger charge is -2.09. The van der Waals surface area contributed by atoms with Crippen molar-refractivity contribution in [1.29, 1.82) is 0 Å². The van der Waals surface area contributed by atoms with Gasteiger partial charge in [-0.2, -0.15) is 0 Å². The molecule has 0 saturated carbocycles. The number of likely N-dealkylation sites (N-methyl/N-ethyl adjacent to an activating group) is 1. The van der Waals surface area contributed by atoms with Crippen LogP contribution in [0.5, 0.6) is 5.75 Å². The van der Waals surface area contributed by atoms with Crippen molar-refractivity contribution in [2.45, 2.75) is 6.92 Å². The molecule has 1 aromatic carbocycles. The van der Waals surface area contributed by atoms with Crippen LogP contribution in [0, 0.1) is 6.92 Å². The minimum atomic E-state index is -1.18. The van der Waals surface area contributed by atoms with Gasteiger partial charge in [-0.15, -0.1) is 11.3 Å². The van der Waals surface area contributed by atoms with Gasteiger partial charge < -0.3 is 19.5 Å². The molecule has 0 spiro atoms. The molecule has 0 bridgehead atoms. The molecule has 1 aromatic heterocycles. The Morgan fingerprint density at radius 3 is 2.81 bits per heavy atom. The van der Waals surface area contributed by atoms with Gasteiger partial charge in [0.25, 0.3) is 0 Å². The van der Waals surface area contributed by atoms with Crippen molar-refractivity contribution in [1.82, 2.24) is 4.98 Å². The molecule has 0 saturated heterocycles. The molecular weight excluding hydrogens is 288 g/mol. The van der Waals surface area contributed by atoms with E-state index in [1.807, 2.05) is 24.3 Å². The van der Waals surface area contributed by atoms with Gasteiger partial charge in [0.05, 0.1) is 30.6 Å². The van der Waals surface area contributed by atoms with E-state index in [4.69, 9.17) is 4.74 Å². The van der Waals surface area contributed by atoms with Crippen molar-refractivity contribution in [2.75, 3.05) is 27.2 Å². The molecule has 0 radical (unpaired) electrons. The minimum Gasteiger partial charge on any atom is -0.544 e. The average molecular weight is 306 g/mol. The maximum absolute atomic E-state index is 11.0. The molecule has 0 aliphatic rings. The second kappa shape index (κ2) is 6.69. The number of quaternary nitrogens is 1. The fraction of sp³-hybridized carbons (Fsp3) is 0.333. The quantitative estimate of drug-likeness (QED) is 0.816. The van der Waals surface area contributed by atoms with E-state index in [1.165, 1.54) is 4.90 Å². The second-order valence-corrected chi connectivity index (χ2v) is 6.05. The van der Waals surface area contributed by atoms with Crippen molar-refractivity contribution < 1.29 is 19.5 Å². The highest BCUT2D eigenvalue weighted by molar-refractivity contribution is 7.17. The van der Waals surface area contributed by atoms with Crippen LogP contribution in [0.4, 0.5) is 0 Å². The van der Waals surface area contributed by atoms with Crippen LogP contribution in [0.2, 0.25) is 0 Å². The van der Waals surface area contributed by atoms with E-state index in [1.54, 1.807) is 6.92 Å². The smallest absolute Gasteiger partial charge is 0.137 e. The third-order valence-corrected chi connectivity index (χ3v) is 4.12. The van der Waals surface area contributed by atoms with Gasteiger partial charge in [-0.3, -0.25) is 0 Å². The molecule has 5 nitrogen and oxygen atoms in total. The summed E-state index contributed by atoms with van der Waals surface area (Å²) in [6, 6.07) is 7.53. The standard InChI is InChI=1S/C15H18N2O3S/c1-10-13(15(18)19)21-14(16-10)11-5-4-6-12(9-11)20-8-7-17(2)3/h4-6,9H,7-8H2,1-3H3,(H,18,19). The third-order valence-electron chi connectivity index (χ3n) is 2.93. The summed E-state index contributed by atoms with van der Waals surface area (Å²) < 4.78 is 5.69. The Labute approximate surface area is 127 Å². The lowest BCUT2D eigenvalue weighted by molar-refractivity contribution is -0.858. The first-order chi connectivity index (χ1) is 9.97. The maximum atomic E-state index is 11.0. The molecule has 0 atom stereocenters. The second-order valence-electron chi connectivity index (χ2n) is 5.05. The number of nitrogens with zero attached hydrogens (tertiary/aromatic N) is 1. The summed E-state index contributed by atoms with van der Waals surface area (Å²) in [7, 11) is 4.14. The molecule has 0 amide bonds. The number of aromatic carboxylic acids is 1. The highest BCUT2D eigenvalue weighted by Crippen LogP contribution is 2.29. The molecule has 2 aromatic rings. The summed E-state index contributed by atoms with van der Waals surface area (Å²) in [5.74, 6) is -0.422. The molecule has 6 heteroatoms. The third kappa shape index (κ3) is 4.03. The molecule has 21 heavy (non-hydrogen) atoms. The number of ether oxygens (including phenoxy) is 1. The Hall–Kier alpha value is -1.92. The molecule has 0 unspecified atom stereocenters. The lowest BCUT2D eigenvalue weighted by Crippen LogP contribution is -3.06. The Bertz CT molecular complexity index is 638. The number of thiazole rings is 1. The van der Waals surface area contributed by atoms with Crippen molar-refractivity contribution >= 4 is 17.3 Å². The predicted molar refractivity (Wildman–Crippen MR) is 79.8 cm³/mol. The number of carbonyl (C=O) groups excluding carboxylic acids is 1. The number of hydrogen-bond donors (Lipinski definition) is 1. The first kappa shape index (κ1) is 15.5. The summed E-state index contributed by atoms with van der Waals surface area (Å²) in [5.41, 5.74) is 1.34. The fourth-order valence-electron chi connectivity index (χ4n) is 1.80. The number of rotatable bonds is 6. The van der Waals surface area contributed by atoms with Gasteiger partial charge in [-0.25, -0.2) is 4.98 Å². The topological polar surface area (TPSA) is 66.7 Å². The van der Waals surface area contributed by atoms with Gasteiger partial charge in [-0.1, -0.05) is 12.1 Å². The van der Waals surface area contributed by atoms with Crippen molar-refractivity contribution in [3.05, 3.63) is 34.8 Å². The Morgan fingerprint density at radius 2 is 2.19 bits per heavy atom. The van der Waals surface area contributed by atoms with Crippen LogP contribution in [0.15, 0.2) is 24.3 Å². The molecule has 1 heterocycles. The van der Waals surface area contributed by atoms with Crippen LogP contribution in [0.25, 0.3) is 10.6 Å². The number of carboxylic acid groups (broad SMARTS) is 1. The maximum Gasteiger partial charge on any atom is 0.137 e. The summed E-state index contributed by atoms with van der Waals surface area (Å²) in [6.07, 6.45) is 0. The van der Waals surface area contributed by atoms with E-state index in [0.29, 0.717) is 17.3 Å². The lowest BCUT2D eigenvalue weighted by atomic mass is 10.2. The zero-order chi connectivity index (χ0) is 15.4. The van der Waals surface area contributed by atoms with Crippen molar-refractivity contribution in [3.63, 3.8) is 0 Å². The summed E-state index contributed by atoms with van der Waals surface area (Å²) in [6.45, 7) is 3.22. The first-order valence-corrected chi connectivity index (χ1v) is 7.50. The number of hydrogen-bond acceptors (Lipinski definition) is 5. The Morgan fingerprint density at radius 1 is 1.43 bits per heavy atom. The highest BCUT2D eigenvalue weighted by Gasteiger charge is 2.10. The zero-order valence-corrected chi connectivity index (χ0v) is 13.1. The number of carboxylic acids is 1. The van der Waals surface area contributed by atoms with Crippen LogP contribution >= 0.6 is 11.3 Å². The van der Waals surface area contributed by atoms with Gasteiger partial charge in [0, 0.05) is 5.56 Å². The number of aryl methyl sites for hydroxylation is 1. The molecule has 112 valence electrons. The summed E-state index contributed by atoms with van der Waals surface area (Å²) in [4.78, 5) is 16.8. The number of carbonyl (C=O) groups is 1. The van der Waals surface area contributed by atoms with Crippen molar-refractivity contribution in [3.8, 4) is 16.3 Å². The zero-order valence-electron chi connectivity index (χ0n) is 12.3. The average Bonchev–Trinajstić information content (AvgIpc) is 2.81. The van der Waals surface area contributed by atoms with E-state index in [-0.39, 0.29) is 4.88 Å². The van der Waals surface area contributed by atoms with Gasteiger partial charge in [0.15, 0.2) is 0 Å². The molecule has 1 N–H and O–H groups in total. The fourth-order valence-corrected chi connectivity index (χ4v) is 2.70. The number of nitrogens with one attached hydrogen (secondary N) is 1. The molecule has 0 aliphatic heterocycles. The Kier molecular flexibility index (Phi) is 4.93. The summed E-state index contributed by atoms with van der Waals surface area (Å²) in [5, 5.41) is 11.6. The van der Waals surface area contributed by atoms with Crippen LogP contribution in [-0.4, -0.2) is 38.2 Å². The summed E-state index contributed by atoms with van der Waals surface area (Å²) >= 11 is 1.13. The van der Waals surface area contributed by atoms with E-state index in [2.05, 4.69) is 19.1 Å². The predicted octanol–water partition coefficient (Wildman–Crippen LogP) is 0.00532. The van der Waals surface area contributed by atoms with Crippen LogP contribution in [0.1, 0.15) is 15.4 Å². The number of benzene rings is 1. The van der Waals surface area contributed by atoms with Gasteiger partial charge >= 0.3 is 0 Å². The minimum absolute atomic E-state index is 0.174. The van der Waals surface area contributed by atoms with Crippen LogP contribution in [-0.2, 0) is 0 Å². The Balaban J connectivity index is 2.17. The number of aromatic nitrogens is 1. The normalized spacial score (nSPS) is 10.9. The molecular formula is C15H18N2O3S. The van der Waals surface area contributed by atoms with E-state index in [9.17, 15) is 9.90 Å².